The van der Waals surface area contributed by atoms with Crippen LogP contribution in [0.4, 0.5) is 0 Å². The molecule has 1 aromatic carbocycles. The summed E-state index contributed by atoms with van der Waals surface area (Å²) in [6, 6.07) is 8.40. The first-order valence-electron chi connectivity index (χ1n) is 7.91. The van der Waals surface area contributed by atoms with Gasteiger partial charge in [0.15, 0.2) is 0 Å². The summed E-state index contributed by atoms with van der Waals surface area (Å²) in [7, 11) is 0. The van der Waals surface area contributed by atoms with Crippen molar-refractivity contribution < 1.29 is 14.2 Å². The highest BCUT2D eigenvalue weighted by molar-refractivity contribution is 5.27. The Balaban J connectivity index is 2.19. The summed E-state index contributed by atoms with van der Waals surface area (Å²) in [4.78, 5) is 0. The average Bonchev–Trinajstić information content (AvgIpc) is 2.47. The molecular formula is C18H29NO3. The molecule has 0 bridgehead atoms. The van der Waals surface area contributed by atoms with Crippen molar-refractivity contribution >= 4 is 0 Å². The van der Waals surface area contributed by atoms with Gasteiger partial charge in [-0.2, -0.15) is 0 Å². The van der Waals surface area contributed by atoms with Crippen molar-refractivity contribution in [2.75, 3.05) is 19.8 Å². The van der Waals surface area contributed by atoms with Gasteiger partial charge in [-0.05, 0) is 37.6 Å². The quantitative estimate of drug-likeness (QED) is 0.501. The van der Waals surface area contributed by atoms with Crippen LogP contribution in [-0.2, 0) is 16.1 Å². The molecule has 0 aromatic heterocycles. The molecule has 0 spiro atoms. The molecule has 0 unspecified atom stereocenters. The van der Waals surface area contributed by atoms with Gasteiger partial charge >= 0.3 is 0 Å². The van der Waals surface area contributed by atoms with E-state index in [1.54, 1.807) is 6.26 Å². The number of rotatable bonds is 11. The fourth-order valence-electron chi connectivity index (χ4n) is 1.68. The Morgan fingerprint density at radius 1 is 1.05 bits per heavy atom. The van der Waals surface area contributed by atoms with Gasteiger partial charge in [-0.25, -0.2) is 0 Å². The molecule has 0 atom stereocenters. The fourth-order valence-corrected chi connectivity index (χ4v) is 1.68. The van der Waals surface area contributed by atoms with Crippen LogP contribution in [0.1, 0.15) is 33.3 Å². The van der Waals surface area contributed by atoms with E-state index in [-0.39, 0.29) is 6.10 Å². The average molecular weight is 307 g/mol. The van der Waals surface area contributed by atoms with Crippen molar-refractivity contribution in [3.8, 4) is 5.75 Å². The van der Waals surface area contributed by atoms with Gasteiger partial charge in [0, 0.05) is 12.6 Å². The molecule has 1 N–H and O–H groups in total. The monoisotopic (exact) mass is 307 g/mol. The van der Waals surface area contributed by atoms with E-state index < -0.39 is 0 Å². The van der Waals surface area contributed by atoms with Gasteiger partial charge in [-0.1, -0.05) is 26.0 Å². The van der Waals surface area contributed by atoms with E-state index in [0.29, 0.717) is 25.9 Å². The molecule has 124 valence electrons. The Hall–Kier alpha value is -1.36. The summed E-state index contributed by atoms with van der Waals surface area (Å²) in [6.07, 6.45) is 3.93. The van der Waals surface area contributed by atoms with Crippen LogP contribution in [0.5, 0.6) is 5.75 Å². The molecule has 1 aromatic rings. The summed E-state index contributed by atoms with van der Waals surface area (Å²) in [5.41, 5.74) is 1.13. The van der Waals surface area contributed by atoms with Crippen LogP contribution >= 0.6 is 0 Å². The topological polar surface area (TPSA) is 39.7 Å². The third-order valence-corrected chi connectivity index (χ3v) is 2.82. The highest BCUT2D eigenvalue weighted by Gasteiger charge is 1.97. The second-order valence-corrected chi connectivity index (χ2v) is 5.67. The molecule has 4 nitrogen and oxygen atoms in total. The van der Waals surface area contributed by atoms with Gasteiger partial charge in [0.25, 0.3) is 0 Å². The molecule has 0 aliphatic rings. The van der Waals surface area contributed by atoms with Gasteiger partial charge in [0.1, 0.15) is 5.75 Å². The first-order valence-corrected chi connectivity index (χ1v) is 7.91. The zero-order valence-electron chi connectivity index (χ0n) is 14.2. The molecular weight excluding hydrogens is 278 g/mol. The number of hydrogen-bond donors (Lipinski definition) is 1. The molecule has 1 rings (SSSR count). The molecule has 0 amide bonds. The lowest BCUT2D eigenvalue weighted by Crippen LogP contribution is -2.22. The third-order valence-electron chi connectivity index (χ3n) is 2.82. The van der Waals surface area contributed by atoms with Crippen LogP contribution in [0.15, 0.2) is 36.6 Å². The second kappa shape index (κ2) is 11.2. The lowest BCUT2D eigenvalue weighted by atomic mass is 10.2. The van der Waals surface area contributed by atoms with E-state index in [9.17, 15) is 0 Å². The minimum Gasteiger partial charge on any atom is -0.465 e. The molecule has 0 saturated heterocycles. The molecule has 0 saturated carbocycles. The third kappa shape index (κ3) is 9.55. The maximum absolute atomic E-state index is 5.56. The Labute approximate surface area is 134 Å². The SMILES string of the molecule is CC(C)NCC=COc1ccc(COCCOC(C)C)cc1. The molecule has 0 aliphatic heterocycles. The van der Waals surface area contributed by atoms with E-state index in [0.717, 1.165) is 17.9 Å². The molecule has 0 heterocycles. The number of benzene rings is 1. The van der Waals surface area contributed by atoms with Crippen LogP contribution in [0.3, 0.4) is 0 Å². The number of ether oxygens (including phenoxy) is 3. The lowest BCUT2D eigenvalue weighted by Gasteiger charge is -2.08. The minimum absolute atomic E-state index is 0.254. The van der Waals surface area contributed by atoms with Gasteiger partial charge in [0.05, 0.1) is 32.2 Å². The minimum atomic E-state index is 0.254. The number of hydrogen-bond acceptors (Lipinski definition) is 4. The standard InChI is InChI=1S/C18H29NO3/c1-15(2)19-10-5-11-22-18-8-6-17(7-9-18)14-20-12-13-21-16(3)4/h5-9,11,15-16,19H,10,12-14H2,1-4H3. The maximum Gasteiger partial charge on any atom is 0.126 e. The summed E-state index contributed by atoms with van der Waals surface area (Å²) in [5.74, 6) is 0.827. The van der Waals surface area contributed by atoms with Crippen LogP contribution in [0.25, 0.3) is 0 Å². The van der Waals surface area contributed by atoms with E-state index in [1.165, 1.54) is 0 Å². The van der Waals surface area contributed by atoms with E-state index in [1.807, 2.05) is 44.2 Å². The van der Waals surface area contributed by atoms with Gasteiger partial charge < -0.3 is 19.5 Å². The first kappa shape index (κ1) is 18.7. The predicted molar refractivity (Wildman–Crippen MR) is 90.1 cm³/mol. The van der Waals surface area contributed by atoms with Gasteiger partial charge in [0.2, 0.25) is 0 Å². The molecule has 0 aliphatic carbocycles. The summed E-state index contributed by atoms with van der Waals surface area (Å²) in [6.45, 7) is 10.9. The maximum atomic E-state index is 5.56. The van der Waals surface area contributed by atoms with Crippen LogP contribution in [0.2, 0.25) is 0 Å². The first-order chi connectivity index (χ1) is 10.6. The van der Waals surface area contributed by atoms with Crippen molar-refractivity contribution in [2.45, 2.75) is 46.4 Å². The van der Waals surface area contributed by atoms with Gasteiger partial charge in [-0.3, -0.25) is 0 Å². The Bertz CT molecular complexity index is 413. The second-order valence-electron chi connectivity index (χ2n) is 5.67. The van der Waals surface area contributed by atoms with Crippen LogP contribution in [0, 0.1) is 0 Å². The Morgan fingerprint density at radius 2 is 1.77 bits per heavy atom. The zero-order valence-corrected chi connectivity index (χ0v) is 14.2. The normalized spacial score (nSPS) is 11.7. The predicted octanol–water partition coefficient (Wildman–Crippen LogP) is 3.52. The number of nitrogens with one attached hydrogen (secondary N) is 1. The summed E-state index contributed by atoms with van der Waals surface area (Å²) in [5, 5.41) is 3.29. The smallest absolute Gasteiger partial charge is 0.126 e. The van der Waals surface area contributed by atoms with Crippen LogP contribution in [-0.4, -0.2) is 31.9 Å². The van der Waals surface area contributed by atoms with Crippen molar-refractivity contribution in [3.63, 3.8) is 0 Å². The highest BCUT2D eigenvalue weighted by atomic mass is 16.5. The van der Waals surface area contributed by atoms with Crippen molar-refractivity contribution in [3.05, 3.63) is 42.2 Å². The Morgan fingerprint density at radius 3 is 2.41 bits per heavy atom. The largest absolute Gasteiger partial charge is 0.465 e. The van der Waals surface area contributed by atoms with Crippen molar-refractivity contribution in [1.82, 2.24) is 5.32 Å². The zero-order chi connectivity index (χ0) is 16.2. The molecule has 0 fully saturated rings. The molecule has 4 heteroatoms. The molecule has 22 heavy (non-hydrogen) atoms. The lowest BCUT2D eigenvalue weighted by molar-refractivity contribution is 0.0143. The van der Waals surface area contributed by atoms with Crippen molar-refractivity contribution in [1.29, 1.82) is 0 Å². The van der Waals surface area contributed by atoms with Crippen molar-refractivity contribution in [2.24, 2.45) is 0 Å². The van der Waals surface area contributed by atoms with E-state index in [2.05, 4.69) is 19.2 Å². The summed E-state index contributed by atoms with van der Waals surface area (Å²) < 4.78 is 16.5. The van der Waals surface area contributed by atoms with E-state index in [4.69, 9.17) is 14.2 Å². The Kier molecular flexibility index (Phi) is 9.55. The fraction of sp³-hybridized carbons (Fsp3) is 0.556. The molecule has 0 radical (unpaired) electrons. The van der Waals surface area contributed by atoms with E-state index >= 15 is 0 Å². The van der Waals surface area contributed by atoms with Gasteiger partial charge in [-0.15, -0.1) is 0 Å². The summed E-state index contributed by atoms with van der Waals surface area (Å²) >= 11 is 0. The highest BCUT2D eigenvalue weighted by Crippen LogP contribution is 2.13. The van der Waals surface area contributed by atoms with Crippen LogP contribution < -0.4 is 10.1 Å².